The van der Waals surface area contributed by atoms with Crippen LogP contribution in [0.15, 0.2) is 4.52 Å². The van der Waals surface area contributed by atoms with Crippen molar-refractivity contribution >= 4 is 0 Å². The Morgan fingerprint density at radius 1 is 1.24 bits per heavy atom. The predicted molar refractivity (Wildman–Crippen MR) is 74.9 cm³/mol. The number of ether oxygens (including phenoxy) is 2. The number of hydrogen-bond donors (Lipinski definition) is 1. The lowest BCUT2D eigenvalue weighted by Crippen LogP contribution is -2.37. The van der Waals surface area contributed by atoms with Gasteiger partial charge in [0.05, 0.1) is 6.10 Å². The summed E-state index contributed by atoms with van der Waals surface area (Å²) in [6.45, 7) is 3.94. The van der Waals surface area contributed by atoms with Crippen molar-refractivity contribution in [2.45, 2.75) is 63.1 Å². The molecule has 2 heterocycles. The number of aliphatic hydroxyl groups is 1. The normalized spacial score (nSPS) is 29.4. The van der Waals surface area contributed by atoms with Crippen LogP contribution in [0.3, 0.4) is 0 Å². The van der Waals surface area contributed by atoms with E-state index in [0.717, 1.165) is 38.5 Å². The Morgan fingerprint density at radius 2 is 1.95 bits per heavy atom. The minimum absolute atomic E-state index is 0.172. The molecule has 0 radical (unpaired) electrons. The molecule has 1 N–H and O–H groups in total. The Balaban J connectivity index is 1.76. The third-order valence-corrected chi connectivity index (χ3v) is 4.62. The summed E-state index contributed by atoms with van der Waals surface area (Å²) < 4.78 is 16.9. The smallest absolute Gasteiger partial charge is 0.229 e. The molecule has 3 rings (SSSR count). The van der Waals surface area contributed by atoms with Gasteiger partial charge in [-0.1, -0.05) is 5.16 Å². The van der Waals surface area contributed by atoms with E-state index < -0.39 is 5.60 Å². The van der Waals surface area contributed by atoms with Crippen molar-refractivity contribution in [2.24, 2.45) is 0 Å². The van der Waals surface area contributed by atoms with Gasteiger partial charge in [0.15, 0.2) is 0 Å². The molecule has 1 saturated carbocycles. The summed E-state index contributed by atoms with van der Waals surface area (Å²) in [5.41, 5.74) is -0.455. The third kappa shape index (κ3) is 3.12. The quantitative estimate of drug-likeness (QED) is 0.917. The first-order chi connectivity index (χ1) is 10.2. The first-order valence-electron chi connectivity index (χ1n) is 7.97. The number of nitrogens with zero attached hydrogens (tertiary/aromatic N) is 2. The zero-order valence-corrected chi connectivity index (χ0v) is 12.6. The second-order valence-electron chi connectivity index (χ2n) is 6.00. The fraction of sp³-hybridized carbons (Fsp3) is 0.867. The zero-order chi connectivity index (χ0) is 14.7. The minimum Gasteiger partial charge on any atom is -0.393 e. The Kier molecular flexibility index (Phi) is 4.57. The molecule has 118 valence electrons. The Bertz CT molecular complexity index is 443. The maximum atomic E-state index is 9.59. The molecule has 1 saturated heterocycles. The molecule has 2 fully saturated rings. The van der Waals surface area contributed by atoms with Gasteiger partial charge in [-0.05, 0) is 32.6 Å². The van der Waals surface area contributed by atoms with Crippen LogP contribution in [0, 0.1) is 0 Å². The lowest BCUT2D eigenvalue weighted by atomic mass is 9.87. The summed E-state index contributed by atoms with van der Waals surface area (Å²) in [6.07, 6.45) is 4.81. The van der Waals surface area contributed by atoms with E-state index in [1.807, 2.05) is 6.92 Å². The van der Waals surface area contributed by atoms with Crippen LogP contribution in [0.4, 0.5) is 0 Å². The average Bonchev–Trinajstić information content (AvgIpc) is 3.00. The molecule has 6 heteroatoms. The van der Waals surface area contributed by atoms with E-state index in [-0.39, 0.29) is 12.0 Å². The molecule has 6 nitrogen and oxygen atoms in total. The highest BCUT2D eigenvalue weighted by atomic mass is 16.5. The van der Waals surface area contributed by atoms with Gasteiger partial charge in [-0.3, -0.25) is 0 Å². The predicted octanol–water partition coefficient (Wildman–Crippen LogP) is 2.13. The Hall–Kier alpha value is -0.980. The molecule has 0 atom stereocenters. The van der Waals surface area contributed by atoms with Crippen LogP contribution in [-0.2, 0) is 15.1 Å². The fourth-order valence-electron chi connectivity index (χ4n) is 3.32. The molecular weight excluding hydrogens is 272 g/mol. The van der Waals surface area contributed by atoms with Gasteiger partial charge in [-0.25, -0.2) is 0 Å². The number of aliphatic hydroxyl groups excluding tert-OH is 1. The van der Waals surface area contributed by atoms with E-state index in [4.69, 9.17) is 14.0 Å². The zero-order valence-electron chi connectivity index (χ0n) is 12.6. The van der Waals surface area contributed by atoms with E-state index in [1.165, 1.54) is 0 Å². The highest BCUT2D eigenvalue weighted by Crippen LogP contribution is 2.37. The van der Waals surface area contributed by atoms with Gasteiger partial charge in [0.25, 0.3) is 0 Å². The largest absolute Gasteiger partial charge is 0.393 e. The maximum Gasteiger partial charge on any atom is 0.229 e. The number of hydrogen-bond acceptors (Lipinski definition) is 6. The van der Waals surface area contributed by atoms with E-state index >= 15 is 0 Å². The SMILES string of the molecule is CCOC1(c2noc(C3CCC(O)CC3)n2)CCOCC1. The summed E-state index contributed by atoms with van der Waals surface area (Å²) in [4.78, 5) is 4.63. The van der Waals surface area contributed by atoms with Crippen molar-refractivity contribution < 1.29 is 19.1 Å². The van der Waals surface area contributed by atoms with Gasteiger partial charge in [0.2, 0.25) is 11.7 Å². The molecule has 1 aromatic rings. The average molecular weight is 296 g/mol. The minimum atomic E-state index is -0.455. The molecule has 1 aliphatic carbocycles. The molecule has 0 amide bonds. The highest BCUT2D eigenvalue weighted by molar-refractivity contribution is 5.06. The van der Waals surface area contributed by atoms with Crippen molar-refractivity contribution in [1.29, 1.82) is 0 Å². The monoisotopic (exact) mass is 296 g/mol. The van der Waals surface area contributed by atoms with Crippen LogP contribution < -0.4 is 0 Å². The first-order valence-corrected chi connectivity index (χ1v) is 7.97. The fourth-order valence-corrected chi connectivity index (χ4v) is 3.32. The van der Waals surface area contributed by atoms with Crippen LogP contribution in [0.1, 0.15) is 63.1 Å². The second kappa shape index (κ2) is 6.42. The van der Waals surface area contributed by atoms with Gasteiger partial charge >= 0.3 is 0 Å². The van der Waals surface area contributed by atoms with Crippen LogP contribution in [0.5, 0.6) is 0 Å². The van der Waals surface area contributed by atoms with Crippen LogP contribution >= 0.6 is 0 Å². The van der Waals surface area contributed by atoms with Gasteiger partial charge in [-0.2, -0.15) is 4.98 Å². The molecule has 2 aliphatic rings. The topological polar surface area (TPSA) is 77.6 Å². The molecule has 0 aromatic carbocycles. The summed E-state index contributed by atoms with van der Waals surface area (Å²) in [5.74, 6) is 1.63. The lowest BCUT2D eigenvalue weighted by Gasteiger charge is -2.33. The summed E-state index contributed by atoms with van der Waals surface area (Å²) in [5, 5.41) is 13.8. The number of aromatic nitrogens is 2. The van der Waals surface area contributed by atoms with Crippen molar-refractivity contribution in [3.8, 4) is 0 Å². The number of rotatable bonds is 4. The molecule has 21 heavy (non-hydrogen) atoms. The standard InChI is InChI=1S/C15H24N2O4/c1-2-20-15(7-9-19-10-8-15)14-16-13(21-17-14)11-3-5-12(18)6-4-11/h11-12,18H,2-10H2,1H3. The van der Waals surface area contributed by atoms with Gasteiger partial charge in [-0.15, -0.1) is 0 Å². The van der Waals surface area contributed by atoms with Crippen molar-refractivity contribution in [1.82, 2.24) is 10.1 Å². The summed E-state index contributed by atoms with van der Waals surface area (Å²) in [6, 6.07) is 0. The van der Waals surface area contributed by atoms with Crippen molar-refractivity contribution in [2.75, 3.05) is 19.8 Å². The summed E-state index contributed by atoms with van der Waals surface area (Å²) in [7, 11) is 0. The lowest BCUT2D eigenvalue weighted by molar-refractivity contribution is -0.118. The van der Waals surface area contributed by atoms with Crippen LogP contribution in [-0.4, -0.2) is 41.2 Å². The third-order valence-electron chi connectivity index (χ3n) is 4.62. The maximum absolute atomic E-state index is 9.59. The van der Waals surface area contributed by atoms with Crippen LogP contribution in [0.25, 0.3) is 0 Å². The van der Waals surface area contributed by atoms with E-state index in [1.54, 1.807) is 0 Å². The van der Waals surface area contributed by atoms with E-state index in [9.17, 15) is 5.11 Å². The summed E-state index contributed by atoms with van der Waals surface area (Å²) >= 11 is 0. The highest BCUT2D eigenvalue weighted by Gasteiger charge is 2.40. The van der Waals surface area contributed by atoms with Crippen molar-refractivity contribution in [3.05, 3.63) is 11.7 Å². The molecule has 0 bridgehead atoms. The van der Waals surface area contributed by atoms with Gasteiger partial charge < -0.3 is 19.1 Å². The molecule has 1 aromatic heterocycles. The molecule has 0 spiro atoms. The van der Waals surface area contributed by atoms with Gasteiger partial charge in [0.1, 0.15) is 5.60 Å². The molecule has 1 aliphatic heterocycles. The molecule has 0 unspecified atom stereocenters. The Labute approximate surface area is 124 Å². The first kappa shape index (κ1) is 14.9. The van der Waals surface area contributed by atoms with E-state index in [2.05, 4.69) is 10.1 Å². The second-order valence-corrected chi connectivity index (χ2v) is 6.00. The van der Waals surface area contributed by atoms with Crippen molar-refractivity contribution in [3.63, 3.8) is 0 Å². The van der Waals surface area contributed by atoms with Crippen LogP contribution in [0.2, 0.25) is 0 Å². The van der Waals surface area contributed by atoms with Gasteiger partial charge in [0, 0.05) is 38.6 Å². The molecular formula is C15H24N2O4. The van der Waals surface area contributed by atoms with E-state index in [0.29, 0.717) is 31.5 Å². The Morgan fingerprint density at radius 3 is 2.62 bits per heavy atom.